The highest BCUT2D eigenvalue weighted by Crippen LogP contribution is 2.30. The maximum atomic E-state index is 13.7. The summed E-state index contributed by atoms with van der Waals surface area (Å²) in [5.41, 5.74) is 1.89. The van der Waals surface area contributed by atoms with Crippen molar-refractivity contribution in [2.24, 2.45) is 0 Å². The van der Waals surface area contributed by atoms with E-state index < -0.39 is 0 Å². The zero-order valence-corrected chi connectivity index (χ0v) is 9.94. The Morgan fingerprint density at radius 2 is 2.12 bits per heavy atom. The molecular formula is C12H12FNOS. The van der Waals surface area contributed by atoms with Gasteiger partial charge < -0.3 is 5.11 Å². The fourth-order valence-corrected chi connectivity index (χ4v) is 2.41. The van der Waals surface area contributed by atoms with Crippen LogP contribution in [0.15, 0.2) is 18.2 Å². The van der Waals surface area contributed by atoms with Gasteiger partial charge in [-0.2, -0.15) is 0 Å². The lowest BCUT2D eigenvalue weighted by molar-refractivity contribution is 0.286. The third-order valence-electron chi connectivity index (χ3n) is 2.33. The summed E-state index contributed by atoms with van der Waals surface area (Å²) in [6.45, 7) is 3.58. The highest BCUT2D eigenvalue weighted by Gasteiger charge is 2.14. The molecule has 1 N–H and O–H groups in total. The molecule has 0 bridgehead atoms. The molecule has 16 heavy (non-hydrogen) atoms. The van der Waals surface area contributed by atoms with Gasteiger partial charge in [-0.3, -0.25) is 0 Å². The number of hydrogen-bond acceptors (Lipinski definition) is 3. The van der Waals surface area contributed by atoms with Gasteiger partial charge in [0, 0.05) is 5.56 Å². The van der Waals surface area contributed by atoms with Crippen molar-refractivity contribution in [3.05, 3.63) is 39.5 Å². The Bertz CT molecular complexity index is 522. The molecule has 1 heterocycles. The van der Waals surface area contributed by atoms with E-state index in [1.807, 2.05) is 19.9 Å². The molecular weight excluding hydrogens is 225 g/mol. The van der Waals surface area contributed by atoms with Gasteiger partial charge in [0.1, 0.15) is 5.82 Å². The summed E-state index contributed by atoms with van der Waals surface area (Å²) in [5.74, 6) is -0.292. The Morgan fingerprint density at radius 3 is 2.75 bits per heavy atom. The van der Waals surface area contributed by atoms with Gasteiger partial charge in [-0.15, -0.1) is 11.3 Å². The summed E-state index contributed by atoms with van der Waals surface area (Å²) in [5, 5.41) is 10.0. The summed E-state index contributed by atoms with van der Waals surface area (Å²) in [7, 11) is 0. The zero-order chi connectivity index (χ0) is 11.7. The van der Waals surface area contributed by atoms with E-state index in [1.54, 1.807) is 6.07 Å². The van der Waals surface area contributed by atoms with Gasteiger partial charge in [0.25, 0.3) is 0 Å². The smallest absolute Gasteiger partial charge is 0.132 e. The molecule has 1 aromatic carbocycles. The van der Waals surface area contributed by atoms with Gasteiger partial charge in [0.2, 0.25) is 0 Å². The number of benzene rings is 1. The molecule has 0 aliphatic carbocycles. The van der Waals surface area contributed by atoms with Crippen molar-refractivity contribution in [3.63, 3.8) is 0 Å². The Hall–Kier alpha value is -1.26. The van der Waals surface area contributed by atoms with Crippen LogP contribution in [0.2, 0.25) is 0 Å². The van der Waals surface area contributed by atoms with E-state index in [0.29, 0.717) is 16.1 Å². The van der Waals surface area contributed by atoms with E-state index in [-0.39, 0.29) is 12.4 Å². The first-order chi connectivity index (χ1) is 7.61. The Kier molecular flexibility index (Phi) is 3.03. The molecule has 0 atom stereocenters. The van der Waals surface area contributed by atoms with Crippen LogP contribution in [0, 0.1) is 19.7 Å². The van der Waals surface area contributed by atoms with E-state index >= 15 is 0 Å². The van der Waals surface area contributed by atoms with Crippen molar-refractivity contribution >= 4 is 11.3 Å². The van der Waals surface area contributed by atoms with Crippen LogP contribution in [0.5, 0.6) is 0 Å². The van der Waals surface area contributed by atoms with Crippen LogP contribution in [0.4, 0.5) is 4.39 Å². The van der Waals surface area contributed by atoms with Crippen LogP contribution >= 0.6 is 11.3 Å². The third kappa shape index (κ3) is 1.99. The lowest BCUT2D eigenvalue weighted by Crippen LogP contribution is -1.90. The lowest BCUT2D eigenvalue weighted by Gasteiger charge is -2.02. The van der Waals surface area contributed by atoms with Gasteiger partial charge in [-0.25, -0.2) is 9.37 Å². The average Bonchev–Trinajstić information content (AvgIpc) is 2.59. The Morgan fingerprint density at radius 1 is 1.38 bits per heavy atom. The van der Waals surface area contributed by atoms with Gasteiger partial charge in [0.15, 0.2) is 0 Å². The molecule has 4 heteroatoms. The van der Waals surface area contributed by atoms with Crippen LogP contribution in [0.1, 0.15) is 15.4 Å². The van der Waals surface area contributed by atoms with Crippen molar-refractivity contribution in [2.75, 3.05) is 0 Å². The normalized spacial score (nSPS) is 10.8. The molecule has 0 unspecified atom stereocenters. The van der Waals surface area contributed by atoms with Crippen molar-refractivity contribution in [3.8, 4) is 11.3 Å². The second kappa shape index (κ2) is 4.31. The maximum absolute atomic E-state index is 13.7. The predicted octanol–water partition coefficient (Wildman–Crippen LogP) is 3.06. The lowest BCUT2D eigenvalue weighted by atomic mass is 10.1. The first kappa shape index (κ1) is 11.2. The summed E-state index contributed by atoms with van der Waals surface area (Å²) < 4.78 is 13.7. The Balaban J connectivity index is 2.57. The van der Waals surface area contributed by atoms with Gasteiger partial charge in [-0.1, -0.05) is 6.07 Å². The first-order valence-corrected chi connectivity index (χ1v) is 5.77. The molecule has 0 radical (unpaired) electrons. The third-order valence-corrected chi connectivity index (χ3v) is 3.28. The predicted molar refractivity (Wildman–Crippen MR) is 62.9 cm³/mol. The number of aliphatic hydroxyl groups is 1. The summed E-state index contributed by atoms with van der Waals surface area (Å²) in [4.78, 5) is 4.97. The summed E-state index contributed by atoms with van der Waals surface area (Å²) >= 11 is 1.39. The van der Waals surface area contributed by atoms with Gasteiger partial charge in [-0.05, 0) is 31.5 Å². The molecule has 0 saturated heterocycles. The fraction of sp³-hybridized carbons (Fsp3) is 0.250. The molecule has 2 rings (SSSR count). The number of aryl methyl sites for hydroxylation is 2. The number of aliphatic hydroxyl groups excluding tert-OH is 1. The van der Waals surface area contributed by atoms with Crippen LogP contribution in [0.3, 0.4) is 0 Å². The fourth-order valence-electron chi connectivity index (χ4n) is 1.60. The highest BCUT2D eigenvalue weighted by molar-refractivity contribution is 7.12. The minimum atomic E-state index is -0.292. The minimum Gasteiger partial charge on any atom is -0.391 e. The van der Waals surface area contributed by atoms with E-state index in [9.17, 15) is 9.50 Å². The van der Waals surface area contributed by atoms with Crippen LogP contribution in [-0.2, 0) is 6.61 Å². The van der Waals surface area contributed by atoms with Crippen LogP contribution in [0.25, 0.3) is 11.3 Å². The van der Waals surface area contributed by atoms with E-state index in [0.717, 1.165) is 10.6 Å². The molecule has 0 spiro atoms. The molecule has 0 amide bonds. The number of nitrogens with zero attached hydrogens (tertiary/aromatic N) is 1. The molecule has 1 aromatic heterocycles. The maximum Gasteiger partial charge on any atom is 0.132 e. The van der Waals surface area contributed by atoms with Crippen molar-refractivity contribution in [1.82, 2.24) is 4.98 Å². The number of rotatable bonds is 2. The van der Waals surface area contributed by atoms with E-state index in [2.05, 4.69) is 4.98 Å². The van der Waals surface area contributed by atoms with Crippen molar-refractivity contribution < 1.29 is 9.50 Å². The highest BCUT2D eigenvalue weighted by atomic mass is 32.1. The number of thiazole rings is 1. The topological polar surface area (TPSA) is 33.1 Å². The Labute approximate surface area is 97.4 Å². The molecule has 2 nitrogen and oxygen atoms in total. The molecule has 0 aliphatic rings. The van der Waals surface area contributed by atoms with Gasteiger partial charge >= 0.3 is 0 Å². The molecule has 0 saturated carbocycles. The molecule has 0 aliphatic heterocycles. The molecule has 0 fully saturated rings. The largest absolute Gasteiger partial charge is 0.391 e. The number of aromatic nitrogens is 1. The number of halogens is 1. The van der Waals surface area contributed by atoms with Crippen molar-refractivity contribution in [2.45, 2.75) is 20.5 Å². The van der Waals surface area contributed by atoms with Crippen LogP contribution in [-0.4, -0.2) is 10.1 Å². The van der Waals surface area contributed by atoms with Crippen molar-refractivity contribution in [1.29, 1.82) is 0 Å². The molecule has 84 valence electrons. The molecule has 2 aromatic rings. The summed E-state index contributed by atoms with van der Waals surface area (Å²) in [6.07, 6.45) is 0. The quantitative estimate of drug-likeness (QED) is 0.870. The van der Waals surface area contributed by atoms with E-state index in [1.165, 1.54) is 17.4 Å². The zero-order valence-electron chi connectivity index (χ0n) is 9.12. The SMILES string of the molecule is Cc1ccc(-c2nc(C)sc2CO)c(F)c1. The van der Waals surface area contributed by atoms with E-state index in [4.69, 9.17) is 0 Å². The minimum absolute atomic E-state index is 0.103. The average molecular weight is 237 g/mol. The van der Waals surface area contributed by atoms with Gasteiger partial charge in [0.05, 0.1) is 22.2 Å². The van der Waals surface area contributed by atoms with Crippen LogP contribution < -0.4 is 0 Å². The summed E-state index contributed by atoms with van der Waals surface area (Å²) in [6, 6.07) is 5.03. The monoisotopic (exact) mass is 237 g/mol. The second-order valence-corrected chi connectivity index (χ2v) is 4.93. The second-order valence-electron chi connectivity index (χ2n) is 3.65. The standard InChI is InChI=1S/C12H12FNOS/c1-7-3-4-9(10(13)5-7)12-11(6-15)16-8(2)14-12/h3-5,15H,6H2,1-2H3. The number of hydrogen-bond donors (Lipinski definition) is 1. The first-order valence-electron chi connectivity index (χ1n) is 4.95.